The zero-order valence-electron chi connectivity index (χ0n) is 11.3. The second-order valence-corrected chi connectivity index (χ2v) is 5.32. The van der Waals surface area contributed by atoms with Gasteiger partial charge in [-0.05, 0) is 41.8 Å². The van der Waals surface area contributed by atoms with Crippen LogP contribution in [0.3, 0.4) is 0 Å². The van der Waals surface area contributed by atoms with E-state index < -0.39 is 0 Å². The van der Waals surface area contributed by atoms with Gasteiger partial charge in [-0.2, -0.15) is 0 Å². The molecule has 0 heterocycles. The number of nitrogens with two attached hydrogens (primary N) is 1. The van der Waals surface area contributed by atoms with Crippen molar-refractivity contribution in [2.75, 3.05) is 7.11 Å². The highest BCUT2D eigenvalue weighted by molar-refractivity contribution is 6.32. The number of aryl methyl sites for hydroxylation is 1. The number of nitrogens with one attached hydrogen (secondary N) is 1. The molecule has 3 nitrogen and oxygen atoms in total. The van der Waals surface area contributed by atoms with E-state index in [2.05, 4.69) is 5.43 Å². The van der Waals surface area contributed by atoms with E-state index in [1.807, 2.05) is 37.3 Å². The number of hydrogen-bond acceptors (Lipinski definition) is 3. The average molecular weight is 311 g/mol. The molecule has 0 amide bonds. The van der Waals surface area contributed by atoms with Crippen LogP contribution in [-0.2, 0) is 0 Å². The van der Waals surface area contributed by atoms with Gasteiger partial charge in [-0.25, -0.2) is 5.43 Å². The molecule has 2 aromatic rings. The Kier molecular flexibility index (Phi) is 4.89. The number of rotatable bonds is 4. The molecule has 0 spiro atoms. The van der Waals surface area contributed by atoms with Crippen molar-refractivity contribution >= 4 is 23.2 Å². The number of ether oxygens (including phenoxy) is 1. The molecule has 2 aromatic carbocycles. The first-order valence-electron chi connectivity index (χ1n) is 6.12. The van der Waals surface area contributed by atoms with Crippen LogP contribution in [0.25, 0.3) is 0 Å². The van der Waals surface area contributed by atoms with Crippen LogP contribution in [-0.4, -0.2) is 7.11 Å². The third kappa shape index (κ3) is 3.07. The summed E-state index contributed by atoms with van der Waals surface area (Å²) in [4.78, 5) is 0. The van der Waals surface area contributed by atoms with Crippen molar-refractivity contribution in [2.45, 2.75) is 13.0 Å². The summed E-state index contributed by atoms with van der Waals surface area (Å²) in [5, 5.41) is 1.30. The molecule has 1 unspecified atom stereocenters. The quantitative estimate of drug-likeness (QED) is 0.666. The minimum absolute atomic E-state index is 0.155. The Morgan fingerprint density at radius 1 is 1.05 bits per heavy atom. The highest BCUT2D eigenvalue weighted by Crippen LogP contribution is 2.31. The van der Waals surface area contributed by atoms with Gasteiger partial charge >= 0.3 is 0 Å². The highest BCUT2D eigenvalue weighted by Gasteiger charge is 2.15. The van der Waals surface area contributed by atoms with Crippen molar-refractivity contribution in [2.24, 2.45) is 5.84 Å². The van der Waals surface area contributed by atoms with E-state index in [1.165, 1.54) is 0 Å². The maximum Gasteiger partial charge on any atom is 0.137 e. The van der Waals surface area contributed by atoms with Crippen LogP contribution in [0.4, 0.5) is 0 Å². The van der Waals surface area contributed by atoms with Gasteiger partial charge in [0.1, 0.15) is 5.75 Å². The van der Waals surface area contributed by atoms with Crippen LogP contribution < -0.4 is 16.0 Å². The molecular weight excluding hydrogens is 295 g/mol. The molecule has 0 aliphatic carbocycles. The Bertz CT molecular complexity index is 617. The topological polar surface area (TPSA) is 47.3 Å². The lowest BCUT2D eigenvalue weighted by Crippen LogP contribution is -2.28. The molecule has 0 radical (unpaired) electrons. The fraction of sp³-hybridized carbons (Fsp3) is 0.200. The van der Waals surface area contributed by atoms with E-state index in [4.69, 9.17) is 33.8 Å². The molecule has 3 N–H and O–H groups in total. The summed E-state index contributed by atoms with van der Waals surface area (Å²) in [7, 11) is 1.59. The summed E-state index contributed by atoms with van der Waals surface area (Å²) >= 11 is 12.1. The first kappa shape index (κ1) is 15.1. The number of hydrazine groups is 1. The SMILES string of the molecule is COc1cc(C(NN)c2ccc(Cl)c(C)c2)ccc1Cl. The molecule has 20 heavy (non-hydrogen) atoms. The second kappa shape index (κ2) is 6.46. The first-order chi connectivity index (χ1) is 9.56. The smallest absolute Gasteiger partial charge is 0.137 e. The second-order valence-electron chi connectivity index (χ2n) is 4.50. The van der Waals surface area contributed by atoms with Gasteiger partial charge in [-0.1, -0.05) is 41.4 Å². The number of methoxy groups -OCH3 is 1. The van der Waals surface area contributed by atoms with Gasteiger partial charge in [0, 0.05) is 5.02 Å². The molecule has 1 atom stereocenters. The lowest BCUT2D eigenvalue weighted by Gasteiger charge is -2.19. The lowest BCUT2D eigenvalue weighted by atomic mass is 9.97. The molecule has 0 fully saturated rings. The molecule has 5 heteroatoms. The largest absolute Gasteiger partial charge is 0.495 e. The van der Waals surface area contributed by atoms with Crippen molar-refractivity contribution in [3.8, 4) is 5.75 Å². The fourth-order valence-corrected chi connectivity index (χ4v) is 2.40. The summed E-state index contributed by atoms with van der Waals surface area (Å²) in [6, 6.07) is 11.2. The van der Waals surface area contributed by atoms with Crippen LogP contribution in [0, 0.1) is 6.92 Å². The van der Waals surface area contributed by atoms with Crippen molar-refractivity contribution in [1.82, 2.24) is 5.43 Å². The zero-order chi connectivity index (χ0) is 14.7. The van der Waals surface area contributed by atoms with Gasteiger partial charge in [0.25, 0.3) is 0 Å². The molecule has 0 aliphatic rings. The summed E-state index contributed by atoms with van der Waals surface area (Å²) in [6.45, 7) is 1.96. The minimum atomic E-state index is -0.155. The summed E-state index contributed by atoms with van der Waals surface area (Å²) < 4.78 is 5.24. The molecule has 0 saturated heterocycles. The Morgan fingerprint density at radius 2 is 1.65 bits per heavy atom. The fourth-order valence-electron chi connectivity index (χ4n) is 2.09. The molecule has 0 aromatic heterocycles. The molecule has 106 valence electrons. The predicted octanol–water partition coefficient (Wildman–Crippen LogP) is 3.86. The maximum atomic E-state index is 6.05. The van der Waals surface area contributed by atoms with Gasteiger partial charge in [0.2, 0.25) is 0 Å². The average Bonchev–Trinajstić information content (AvgIpc) is 2.45. The zero-order valence-corrected chi connectivity index (χ0v) is 12.8. The number of benzene rings is 2. The van der Waals surface area contributed by atoms with Crippen molar-refractivity contribution in [3.63, 3.8) is 0 Å². The molecule has 2 rings (SSSR count). The van der Waals surface area contributed by atoms with E-state index >= 15 is 0 Å². The van der Waals surface area contributed by atoms with E-state index in [-0.39, 0.29) is 6.04 Å². The van der Waals surface area contributed by atoms with Crippen molar-refractivity contribution in [1.29, 1.82) is 0 Å². The third-order valence-electron chi connectivity index (χ3n) is 3.19. The Balaban J connectivity index is 2.43. The lowest BCUT2D eigenvalue weighted by molar-refractivity contribution is 0.414. The normalized spacial score (nSPS) is 12.2. The monoisotopic (exact) mass is 310 g/mol. The Hall–Kier alpha value is -1.26. The minimum Gasteiger partial charge on any atom is -0.495 e. The van der Waals surface area contributed by atoms with Crippen LogP contribution in [0.15, 0.2) is 36.4 Å². The van der Waals surface area contributed by atoms with Gasteiger partial charge in [-0.3, -0.25) is 5.84 Å². The van der Waals surface area contributed by atoms with Crippen LogP contribution in [0.5, 0.6) is 5.75 Å². The summed E-state index contributed by atoms with van der Waals surface area (Å²) in [6.07, 6.45) is 0. The Labute approximate surface area is 128 Å². The van der Waals surface area contributed by atoms with Crippen molar-refractivity contribution < 1.29 is 4.74 Å². The van der Waals surface area contributed by atoms with Crippen molar-refractivity contribution in [3.05, 3.63) is 63.1 Å². The molecule has 0 aliphatic heterocycles. The van der Waals surface area contributed by atoms with Gasteiger partial charge in [0.05, 0.1) is 18.2 Å². The van der Waals surface area contributed by atoms with E-state index in [0.29, 0.717) is 10.8 Å². The molecule has 0 saturated carbocycles. The summed E-state index contributed by atoms with van der Waals surface area (Å²) in [5.74, 6) is 6.32. The van der Waals surface area contributed by atoms with E-state index in [1.54, 1.807) is 13.2 Å². The van der Waals surface area contributed by atoms with Crippen LogP contribution in [0.1, 0.15) is 22.7 Å². The van der Waals surface area contributed by atoms with Gasteiger partial charge in [-0.15, -0.1) is 0 Å². The van der Waals surface area contributed by atoms with E-state index in [0.717, 1.165) is 21.7 Å². The Morgan fingerprint density at radius 3 is 2.20 bits per heavy atom. The maximum absolute atomic E-state index is 6.05. The third-order valence-corrected chi connectivity index (χ3v) is 3.93. The van der Waals surface area contributed by atoms with Crippen LogP contribution in [0.2, 0.25) is 10.0 Å². The molecule has 0 bridgehead atoms. The molecular formula is C15H16Cl2N2O. The first-order valence-corrected chi connectivity index (χ1v) is 6.88. The highest BCUT2D eigenvalue weighted by atomic mass is 35.5. The van der Waals surface area contributed by atoms with Crippen LogP contribution >= 0.6 is 23.2 Å². The van der Waals surface area contributed by atoms with E-state index in [9.17, 15) is 0 Å². The van der Waals surface area contributed by atoms with Gasteiger partial charge < -0.3 is 4.74 Å². The predicted molar refractivity (Wildman–Crippen MR) is 83.4 cm³/mol. The number of halogens is 2. The van der Waals surface area contributed by atoms with Gasteiger partial charge in [0.15, 0.2) is 0 Å². The standard InChI is InChI=1S/C15H16Cl2N2O/c1-9-7-10(3-5-12(9)16)15(19-18)11-4-6-13(17)14(8-11)20-2/h3-8,15,19H,18H2,1-2H3. The summed E-state index contributed by atoms with van der Waals surface area (Å²) in [5.41, 5.74) is 5.81. The number of hydrogen-bond donors (Lipinski definition) is 2.